The number of unbranched alkanes of at least 4 members (excludes halogenated alkanes) is 2. The zero-order valence-electron chi connectivity index (χ0n) is 24.4. The van der Waals surface area contributed by atoms with Crippen molar-refractivity contribution in [3.05, 3.63) is 29.8 Å². The van der Waals surface area contributed by atoms with Crippen LogP contribution >= 0.6 is 15.9 Å². The van der Waals surface area contributed by atoms with Crippen molar-refractivity contribution >= 4 is 57.2 Å². The van der Waals surface area contributed by atoms with E-state index in [2.05, 4.69) is 42.5 Å². The molecule has 42 heavy (non-hydrogen) atoms. The van der Waals surface area contributed by atoms with Gasteiger partial charge in [0, 0.05) is 32.1 Å². The van der Waals surface area contributed by atoms with E-state index in [1.54, 1.807) is 38.1 Å². The third kappa shape index (κ3) is 15.9. The van der Waals surface area contributed by atoms with Crippen LogP contribution in [-0.2, 0) is 35.3 Å². The van der Waals surface area contributed by atoms with Crippen molar-refractivity contribution in [2.75, 3.05) is 23.7 Å². The Morgan fingerprint density at radius 3 is 2.12 bits per heavy atom. The zero-order valence-corrected chi connectivity index (χ0v) is 26.0. The van der Waals surface area contributed by atoms with E-state index in [4.69, 9.17) is 10.5 Å². The fraction of sp³-hybridized carbons (Fsp3) is 0.571. The highest BCUT2D eigenvalue weighted by Crippen LogP contribution is 2.13. The van der Waals surface area contributed by atoms with E-state index < -0.39 is 35.9 Å². The molecule has 234 valence electrons. The van der Waals surface area contributed by atoms with Gasteiger partial charge in [-0.2, -0.15) is 0 Å². The number of halogens is 1. The summed E-state index contributed by atoms with van der Waals surface area (Å²) in [5.74, 6) is -2.01. The normalized spacial score (nSPS) is 12.0. The molecule has 1 aromatic carbocycles. The molecule has 1 aromatic rings. The minimum atomic E-state index is -0.958. The molecule has 1 unspecified atom stereocenters. The summed E-state index contributed by atoms with van der Waals surface area (Å²) in [6.07, 6.45) is 2.85. The highest BCUT2D eigenvalue weighted by Gasteiger charge is 2.28. The largest absolute Gasteiger partial charge is 0.461 e. The number of amides is 6. The average Bonchev–Trinajstić information content (AvgIpc) is 2.94. The molecular weight excluding hydrogens is 612 g/mol. The maximum atomic E-state index is 13.2. The number of carbonyl (C=O) groups is 6. The lowest BCUT2D eigenvalue weighted by Gasteiger charge is -2.25. The zero-order chi connectivity index (χ0) is 31.5. The average molecular weight is 656 g/mol. The van der Waals surface area contributed by atoms with E-state index >= 15 is 0 Å². The monoisotopic (exact) mass is 654 g/mol. The minimum Gasteiger partial charge on any atom is -0.461 e. The first-order valence-electron chi connectivity index (χ1n) is 13.9. The Balaban J connectivity index is 2.77. The van der Waals surface area contributed by atoms with Crippen LogP contribution in [0.5, 0.6) is 0 Å². The summed E-state index contributed by atoms with van der Waals surface area (Å²) in [7, 11) is 0. The maximum Gasteiger partial charge on any atom is 0.312 e. The van der Waals surface area contributed by atoms with Crippen LogP contribution in [0.15, 0.2) is 24.3 Å². The Morgan fingerprint density at radius 2 is 1.52 bits per heavy atom. The molecule has 6 amide bonds. The number of ether oxygens (including phenoxy) is 1. The fourth-order valence-electron chi connectivity index (χ4n) is 3.79. The smallest absolute Gasteiger partial charge is 0.312 e. The van der Waals surface area contributed by atoms with Crippen molar-refractivity contribution in [2.45, 2.75) is 78.0 Å². The maximum absolute atomic E-state index is 13.2. The Kier molecular flexibility index (Phi) is 17.5. The number of anilines is 1. The van der Waals surface area contributed by atoms with Crippen LogP contribution < -0.4 is 32.3 Å². The van der Waals surface area contributed by atoms with Crippen molar-refractivity contribution in [1.82, 2.24) is 21.3 Å². The number of nitrogens with one attached hydrogen (secondary N) is 5. The van der Waals surface area contributed by atoms with Gasteiger partial charge in [0.15, 0.2) is 0 Å². The number of hydrogen-bond donors (Lipinski definition) is 6. The molecule has 0 radical (unpaired) electrons. The number of urea groups is 1. The summed E-state index contributed by atoms with van der Waals surface area (Å²) in [4.78, 5) is 72.2. The van der Waals surface area contributed by atoms with Gasteiger partial charge in [-0.05, 0) is 49.3 Å². The predicted octanol–water partition coefficient (Wildman–Crippen LogP) is 1.83. The Bertz CT molecular complexity index is 1050. The van der Waals surface area contributed by atoms with Crippen LogP contribution in [0.25, 0.3) is 0 Å². The number of rotatable bonds is 19. The topological polar surface area (TPSA) is 198 Å². The van der Waals surface area contributed by atoms with Gasteiger partial charge in [0.25, 0.3) is 0 Å². The number of benzene rings is 1. The third-order valence-corrected chi connectivity index (χ3v) is 6.56. The molecule has 7 N–H and O–H groups in total. The van der Waals surface area contributed by atoms with Crippen LogP contribution in [0.1, 0.15) is 64.9 Å². The summed E-state index contributed by atoms with van der Waals surface area (Å²) in [6, 6.07) is 4.18. The first kappa shape index (κ1) is 36.3. The van der Waals surface area contributed by atoms with Crippen LogP contribution in [0, 0.1) is 5.92 Å². The molecule has 0 fully saturated rings. The van der Waals surface area contributed by atoms with Gasteiger partial charge in [0.1, 0.15) is 18.7 Å². The third-order valence-electron chi connectivity index (χ3n) is 6.06. The van der Waals surface area contributed by atoms with Crippen LogP contribution in [0.3, 0.4) is 0 Å². The van der Waals surface area contributed by atoms with Gasteiger partial charge >= 0.3 is 12.0 Å². The molecular formula is C28H43BrN6O7. The summed E-state index contributed by atoms with van der Waals surface area (Å²) >= 11 is 3.08. The van der Waals surface area contributed by atoms with Gasteiger partial charge in [-0.3, -0.25) is 24.0 Å². The predicted molar refractivity (Wildman–Crippen MR) is 161 cm³/mol. The van der Waals surface area contributed by atoms with E-state index in [0.717, 1.165) is 18.4 Å². The second-order valence-electron chi connectivity index (χ2n) is 10.0. The summed E-state index contributed by atoms with van der Waals surface area (Å²) < 4.78 is 4.96. The molecule has 0 saturated heterocycles. The summed E-state index contributed by atoms with van der Waals surface area (Å²) in [5, 5.41) is 13.7. The van der Waals surface area contributed by atoms with Gasteiger partial charge in [-0.1, -0.05) is 48.3 Å². The van der Waals surface area contributed by atoms with Crippen molar-refractivity contribution in [2.24, 2.45) is 11.7 Å². The summed E-state index contributed by atoms with van der Waals surface area (Å²) in [6.45, 7) is 5.74. The van der Waals surface area contributed by atoms with Gasteiger partial charge in [0.05, 0.1) is 5.33 Å². The molecule has 2 atom stereocenters. The van der Waals surface area contributed by atoms with E-state index in [9.17, 15) is 28.8 Å². The summed E-state index contributed by atoms with van der Waals surface area (Å²) in [5.41, 5.74) is 6.32. The van der Waals surface area contributed by atoms with Crippen molar-refractivity contribution in [3.8, 4) is 0 Å². The SMILES string of the molecule is CC(=O)OCc1ccc(NC(=O)C(CCCNC(N)=O)NC(=O)[C@@H](NC(=O)CCCCCNC(=O)CBr)C(C)C)cc1. The molecule has 0 aliphatic carbocycles. The Morgan fingerprint density at radius 1 is 0.857 bits per heavy atom. The number of alkyl halides is 1. The number of esters is 1. The lowest BCUT2D eigenvalue weighted by molar-refractivity contribution is -0.142. The van der Waals surface area contributed by atoms with Gasteiger partial charge in [-0.15, -0.1) is 0 Å². The number of primary amides is 1. The van der Waals surface area contributed by atoms with E-state index in [0.29, 0.717) is 25.1 Å². The van der Waals surface area contributed by atoms with E-state index in [1.165, 1.54) is 6.92 Å². The molecule has 0 bridgehead atoms. The van der Waals surface area contributed by atoms with Crippen molar-refractivity contribution in [1.29, 1.82) is 0 Å². The molecule has 0 aliphatic heterocycles. The van der Waals surface area contributed by atoms with Crippen molar-refractivity contribution in [3.63, 3.8) is 0 Å². The molecule has 13 nitrogen and oxygen atoms in total. The van der Waals surface area contributed by atoms with Gasteiger partial charge in [0.2, 0.25) is 23.6 Å². The van der Waals surface area contributed by atoms with Crippen LogP contribution in [-0.4, -0.2) is 66.1 Å². The molecule has 0 saturated carbocycles. The first-order valence-corrected chi connectivity index (χ1v) is 15.0. The minimum absolute atomic E-state index is 0.0937. The molecule has 0 aromatic heterocycles. The standard InChI is InChI=1S/C28H43BrN6O7/c1-18(2)25(35-23(37)9-5-4-6-14-31-24(38)16-29)27(40)34-22(8-7-15-32-28(30)41)26(39)33-21-12-10-20(11-13-21)17-42-19(3)36/h10-13,18,22,25H,4-9,14-17H2,1-3H3,(H,31,38)(H,33,39)(H,34,40)(H,35,37)(H3,30,32,41)/t22?,25-/m0/s1. The Labute approximate surface area is 254 Å². The van der Waals surface area contributed by atoms with Gasteiger partial charge in [-0.25, -0.2) is 4.79 Å². The molecule has 14 heteroatoms. The second kappa shape index (κ2) is 20.2. The highest BCUT2D eigenvalue weighted by atomic mass is 79.9. The highest BCUT2D eigenvalue weighted by molar-refractivity contribution is 9.09. The fourth-order valence-corrected chi connectivity index (χ4v) is 3.99. The number of carbonyl (C=O) groups excluding carboxylic acids is 6. The van der Waals surface area contributed by atoms with Crippen LogP contribution in [0.2, 0.25) is 0 Å². The van der Waals surface area contributed by atoms with Crippen LogP contribution in [0.4, 0.5) is 10.5 Å². The second-order valence-corrected chi connectivity index (χ2v) is 10.6. The quantitative estimate of drug-likeness (QED) is 0.0742. The lowest BCUT2D eigenvalue weighted by Crippen LogP contribution is -2.54. The lowest BCUT2D eigenvalue weighted by atomic mass is 10.0. The molecule has 0 spiro atoms. The first-order chi connectivity index (χ1) is 19.9. The number of nitrogens with two attached hydrogens (primary N) is 1. The van der Waals surface area contributed by atoms with E-state index in [-0.39, 0.29) is 49.1 Å². The van der Waals surface area contributed by atoms with Crippen molar-refractivity contribution < 1.29 is 33.5 Å². The van der Waals surface area contributed by atoms with E-state index in [1.807, 2.05) is 0 Å². The molecule has 1 rings (SSSR count). The number of hydrogen-bond acceptors (Lipinski definition) is 7. The molecule has 0 heterocycles. The van der Waals surface area contributed by atoms with Gasteiger partial charge < -0.3 is 37.1 Å². The Hall–Kier alpha value is -3.68. The molecule has 0 aliphatic rings.